The minimum absolute atomic E-state index is 0.421. The molecule has 0 saturated carbocycles. The second kappa shape index (κ2) is 5.61. The van der Waals surface area contributed by atoms with E-state index in [4.69, 9.17) is 10.5 Å². The van der Waals surface area contributed by atoms with Crippen LogP contribution >= 0.6 is 15.9 Å². The summed E-state index contributed by atoms with van der Waals surface area (Å²) in [6.45, 7) is 0. The van der Waals surface area contributed by atoms with Crippen LogP contribution in [0.15, 0.2) is 53.0 Å². The first-order valence-electron chi connectivity index (χ1n) is 6.42. The highest BCUT2D eigenvalue weighted by molar-refractivity contribution is 9.10. The van der Waals surface area contributed by atoms with Crippen molar-refractivity contribution in [2.45, 2.75) is 0 Å². The third-order valence-electron chi connectivity index (χ3n) is 3.16. The molecule has 3 rings (SSSR count). The summed E-state index contributed by atoms with van der Waals surface area (Å²) in [4.78, 5) is 4.31. The minimum atomic E-state index is 0.421. The molecule has 0 unspecified atom stereocenters. The number of methoxy groups -OCH3 is 1. The summed E-state index contributed by atoms with van der Waals surface area (Å²) in [6, 6.07) is 15.9. The van der Waals surface area contributed by atoms with Crippen LogP contribution in [0.1, 0.15) is 0 Å². The van der Waals surface area contributed by atoms with E-state index in [1.807, 2.05) is 18.2 Å². The van der Waals surface area contributed by atoms with Gasteiger partial charge in [-0.3, -0.25) is 0 Å². The summed E-state index contributed by atoms with van der Waals surface area (Å²) < 4.78 is 6.20. The standard InChI is InChI=1S/C16H14BrN3O/c1-21-16-14(18)6-7-15(20-16)19-13-5-3-10-8-12(17)4-2-11(10)9-13/h2-9H,18H2,1H3,(H,19,20). The number of aromatic nitrogens is 1. The van der Waals surface area contributed by atoms with Crippen LogP contribution < -0.4 is 15.8 Å². The summed E-state index contributed by atoms with van der Waals surface area (Å²) in [6.07, 6.45) is 0. The number of hydrogen-bond acceptors (Lipinski definition) is 4. The number of rotatable bonds is 3. The minimum Gasteiger partial charge on any atom is -0.479 e. The van der Waals surface area contributed by atoms with Crippen LogP contribution in [-0.2, 0) is 0 Å². The summed E-state index contributed by atoms with van der Waals surface area (Å²) in [5.41, 5.74) is 7.24. The highest BCUT2D eigenvalue weighted by Crippen LogP contribution is 2.26. The van der Waals surface area contributed by atoms with E-state index in [2.05, 4.69) is 50.5 Å². The van der Waals surface area contributed by atoms with Crippen molar-refractivity contribution in [3.05, 3.63) is 53.0 Å². The molecule has 0 spiro atoms. The maximum atomic E-state index is 5.76. The monoisotopic (exact) mass is 343 g/mol. The largest absolute Gasteiger partial charge is 0.479 e. The van der Waals surface area contributed by atoms with Gasteiger partial charge in [-0.15, -0.1) is 0 Å². The van der Waals surface area contributed by atoms with E-state index in [0.717, 1.165) is 15.5 Å². The third kappa shape index (κ3) is 2.92. The van der Waals surface area contributed by atoms with Gasteiger partial charge in [0, 0.05) is 10.2 Å². The molecule has 0 atom stereocenters. The van der Waals surface area contributed by atoms with Gasteiger partial charge in [0.25, 0.3) is 0 Å². The van der Waals surface area contributed by atoms with Gasteiger partial charge in [0.2, 0.25) is 5.88 Å². The van der Waals surface area contributed by atoms with Crippen molar-refractivity contribution in [1.82, 2.24) is 4.98 Å². The Morgan fingerprint density at radius 2 is 1.81 bits per heavy atom. The Morgan fingerprint density at radius 3 is 2.62 bits per heavy atom. The highest BCUT2D eigenvalue weighted by Gasteiger charge is 2.04. The lowest BCUT2D eigenvalue weighted by Crippen LogP contribution is -1.99. The molecule has 0 fully saturated rings. The second-order valence-electron chi connectivity index (χ2n) is 4.63. The smallest absolute Gasteiger partial charge is 0.238 e. The predicted octanol–water partition coefficient (Wildman–Crippen LogP) is 4.33. The second-order valence-corrected chi connectivity index (χ2v) is 5.54. The lowest BCUT2D eigenvalue weighted by molar-refractivity contribution is 0.401. The van der Waals surface area contributed by atoms with Gasteiger partial charge in [0.1, 0.15) is 5.82 Å². The van der Waals surface area contributed by atoms with Gasteiger partial charge in [0.05, 0.1) is 12.8 Å². The van der Waals surface area contributed by atoms with Crippen molar-refractivity contribution in [1.29, 1.82) is 0 Å². The molecule has 0 amide bonds. The molecule has 4 nitrogen and oxygen atoms in total. The Balaban J connectivity index is 1.92. The average molecular weight is 344 g/mol. The SMILES string of the molecule is COc1nc(Nc2ccc3cc(Br)ccc3c2)ccc1N. The molecule has 0 aliphatic carbocycles. The predicted molar refractivity (Wildman–Crippen MR) is 90.1 cm³/mol. The van der Waals surface area contributed by atoms with Crippen LogP contribution in [0, 0.1) is 0 Å². The molecule has 21 heavy (non-hydrogen) atoms. The summed E-state index contributed by atoms with van der Waals surface area (Å²) in [7, 11) is 1.55. The van der Waals surface area contributed by atoms with E-state index in [9.17, 15) is 0 Å². The maximum absolute atomic E-state index is 5.76. The maximum Gasteiger partial charge on any atom is 0.238 e. The number of halogens is 1. The number of hydrogen-bond donors (Lipinski definition) is 2. The number of nitrogens with zero attached hydrogens (tertiary/aromatic N) is 1. The number of fused-ring (bicyclic) bond motifs is 1. The Labute approximate surface area is 131 Å². The number of nitrogen functional groups attached to an aromatic ring is 1. The average Bonchev–Trinajstić information content (AvgIpc) is 2.49. The quantitative estimate of drug-likeness (QED) is 0.742. The molecule has 0 bridgehead atoms. The van der Waals surface area contributed by atoms with Crippen LogP contribution in [0.3, 0.4) is 0 Å². The molecule has 3 N–H and O–H groups in total. The Hall–Kier alpha value is -2.27. The van der Waals surface area contributed by atoms with Crippen molar-refractivity contribution in [3.63, 3.8) is 0 Å². The van der Waals surface area contributed by atoms with Crippen LogP contribution in [-0.4, -0.2) is 12.1 Å². The Morgan fingerprint density at radius 1 is 1.05 bits per heavy atom. The van der Waals surface area contributed by atoms with Gasteiger partial charge >= 0.3 is 0 Å². The van der Waals surface area contributed by atoms with Crippen molar-refractivity contribution in [2.75, 3.05) is 18.2 Å². The summed E-state index contributed by atoms with van der Waals surface area (Å²) >= 11 is 3.48. The zero-order valence-electron chi connectivity index (χ0n) is 11.4. The van der Waals surface area contributed by atoms with Crippen LogP contribution in [0.25, 0.3) is 10.8 Å². The first-order chi connectivity index (χ1) is 10.2. The van der Waals surface area contributed by atoms with Crippen molar-refractivity contribution >= 4 is 43.9 Å². The van der Waals surface area contributed by atoms with Crippen molar-refractivity contribution in [2.24, 2.45) is 0 Å². The number of nitrogens with one attached hydrogen (secondary N) is 1. The molecular formula is C16H14BrN3O. The number of ether oxygens (including phenoxy) is 1. The van der Waals surface area contributed by atoms with Crippen LogP contribution in [0.2, 0.25) is 0 Å². The molecular weight excluding hydrogens is 330 g/mol. The van der Waals surface area contributed by atoms with Crippen LogP contribution in [0.4, 0.5) is 17.2 Å². The van der Waals surface area contributed by atoms with E-state index < -0.39 is 0 Å². The fourth-order valence-electron chi connectivity index (χ4n) is 2.13. The number of anilines is 3. The number of benzene rings is 2. The molecule has 0 radical (unpaired) electrons. The number of nitrogens with two attached hydrogens (primary N) is 1. The molecule has 1 heterocycles. The first-order valence-corrected chi connectivity index (χ1v) is 7.22. The van der Waals surface area contributed by atoms with Gasteiger partial charge in [-0.2, -0.15) is 4.98 Å². The topological polar surface area (TPSA) is 60.2 Å². The van der Waals surface area contributed by atoms with Gasteiger partial charge < -0.3 is 15.8 Å². The zero-order valence-corrected chi connectivity index (χ0v) is 13.0. The summed E-state index contributed by atoms with van der Waals surface area (Å²) in [5.74, 6) is 1.11. The molecule has 5 heteroatoms. The van der Waals surface area contributed by atoms with Gasteiger partial charge in [0.15, 0.2) is 0 Å². The third-order valence-corrected chi connectivity index (χ3v) is 3.65. The van der Waals surface area contributed by atoms with E-state index in [1.165, 1.54) is 5.39 Å². The lowest BCUT2D eigenvalue weighted by atomic mass is 10.1. The molecule has 1 aromatic heterocycles. The number of pyridine rings is 1. The highest BCUT2D eigenvalue weighted by atomic mass is 79.9. The lowest BCUT2D eigenvalue weighted by Gasteiger charge is -2.09. The van der Waals surface area contributed by atoms with Crippen molar-refractivity contribution < 1.29 is 4.74 Å². The Kier molecular flexibility index (Phi) is 3.66. The van der Waals surface area contributed by atoms with Gasteiger partial charge in [-0.05, 0) is 47.2 Å². The summed E-state index contributed by atoms with van der Waals surface area (Å²) in [5, 5.41) is 5.59. The van der Waals surface area contributed by atoms with Crippen LogP contribution in [0.5, 0.6) is 5.88 Å². The fourth-order valence-corrected chi connectivity index (χ4v) is 2.51. The zero-order chi connectivity index (χ0) is 14.8. The first kappa shape index (κ1) is 13.7. The molecule has 0 aliphatic heterocycles. The van der Waals surface area contributed by atoms with Gasteiger partial charge in [-0.1, -0.05) is 28.1 Å². The Bertz CT molecular complexity index is 805. The molecule has 2 aromatic carbocycles. The molecule has 0 saturated heterocycles. The van der Waals surface area contributed by atoms with E-state index in [-0.39, 0.29) is 0 Å². The normalized spacial score (nSPS) is 10.6. The van der Waals surface area contributed by atoms with Crippen molar-refractivity contribution in [3.8, 4) is 5.88 Å². The van der Waals surface area contributed by atoms with E-state index in [0.29, 0.717) is 17.4 Å². The molecule has 106 valence electrons. The van der Waals surface area contributed by atoms with Gasteiger partial charge in [-0.25, -0.2) is 0 Å². The molecule has 0 aliphatic rings. The van der Waals surface area contributed by atoms with E-state index >= 15 is 0 Å². The van der Waals surface area contributed by atoms with E-state index in [1.54, 1.807) is 13.2 Å². The molecule has 3 aromatic rings. The fraction of sp³-hybridized carbons (Fsp3) is 0.0625.